The minimum atomic E-state index is -0.542. The van der Waals surface area contributed by atoms with E-state index in [-0.39, 0.29) is 12.0 Å². The van der Waals surface area contributed by atoms with Crippen LogP contribution in [0.4, 0.5) is 4.79 Å². The third-order valence-electron chi connectivity index (χ3n) is 5.01. The van der Waals surface area contributed by atoms with Crippen molar-refractivity contribution < 1.29 is 14.3 Å². The molecule has 0 N–H and O–H groups in total. The molecule has 3 heterocycles. The van der Waals surface area contributed by atoms with Gasteiger partial charge in [0.05, 0.1) is 18.7 Å². The number of benzene rings is 1. The fraction of sp³-hybridized carbons (Fsp3) is 0.368. The molecule has 5 nitrogen and oxygen atoms in total. The summed E-state index contributed by atoms with van der Waals surface area (Å²) in [5.74, 6) is 0.0191. The van der Waals surface area contributed by atoms with Gasteiger partial charge >= 0.3 is 6.09 Å². The van der Waals surface area contributed by atoms with Crippen LogP contribution in [-0.2, 0) is 4.74 Å². The molecule has 2 aromatic rings. The van der Waals surface area contributed by atoms with Gasteiger partial charge in [-0.05, 0) is 12.5 Å². The lowest BCUT2D eigenvalue weighted by Gasteiger charge is -2.22. The van der Waals surface area contributed by atoms with Gasteiger partial charge in [0.2, 0.25) is 0 Å². The zero-order valence-electron chi connectivity index (χ0n) is 14.3. The Balaban J connectivity index is 1.60. The maximum Gasteiger partial charge on any atom is 0.410 e. The minimum Gasteiger partial charge on any atom is -0.439 e. The average Bonchev–Trinajstić information content (AvgIpc) is 3.26. The first kappa shape index (κ1) is 16.1. The van der Waals surface area contributed by atoms with Gasteiger partial charge in [0.25, 0.3) is 5.91 Å². The minimum absolute atomic E-state index is 0.0191. The Morgan fingerprint density at radius 1 is 1.24 bits per heavy atom. The summed E-state index contributed by atoms with van der Waals surface area (Å²) < 4.78 is 5.55. The van der Waals surface area contributed by atoms with Crippen molar-refractivity contribution in [2.45, 2.75) is 18.9 Å². The zero-order valence-corrected chi connectivity index (χ0v) is 15.1. The highest BCUT2D eigenvalue weighted by atomic mass is 32.1. The fourth-order valence-corrected chi connectivity index (χ4v) is 4.63. The summed E-state index contributed by atoms with van der Waals surface area (Å²) in [4.78, 5) is 29.4. The molecule has 1 spiro atoms. The third-order valence-corrected chi connectivity index (χ3v) is 5.92. The monoisotopic (exact) mass is 356 g/mol. The van der Waals surface area contributed by atoms with Crippen LogP contribution in [-0.4, -0.2) is 54.1 Å². The highest BCUT2D eigenvalue weighted by molar-refractivity contribution is 7.10. The van der Waals surface area contributed by atoms with Crippen molar-refractivity contribution in [3.8, 4) is 11.1 Å². The highest BCUT2D eigenvalue weighted by Gasteiger charge is 2.49. The van der Waals surface area contributed by atoms with Crippen molar-refractivity contribution in [2.75, 3.05) is 26.7 Å². The molecule has 2 saturated heterocycles. The Hall–Kier alpha value is -2.34. The molecular weight excluding hydrogens is 336 g/mol. The molecule has 1 aromatic carbocycles. The average molecular weight is 356 g/mol. The number of thiophene rings is 1. The van der Waals surface area contributed by atoms with Crippen LogP contribution in [0.1, 0.15) is 21.7 Å². The van der Waals surface area contributed by atoms with E-state index in [0.717, 1.165) is 21.6 Å². The number of hydrogen-bond acceptors (Lipinski definition) is 4. The molecule has 2 amide bonds. The summed E-state index contributed by atoms with van der Waals surface area (Å²) in [7, 11) is 1.73. The molecule has 25 heavy (non-hydrogen) atoms. The van der Waals surface area contributed by atoms with Crippen LogP contribution in [0.15, 0.2) is 35.7 Å². The number of carbonyl (C=O) groups is 2. The Morgan fingerprint density at radius 2 is 2.00 bits per heavy atom. The number of aryl methyl sites for hydroxylation is 1. The molecule has 0 bridgehead atoms. The van der Waals surface area contributed by atoms with E-state index in [2.05, 4.69) is 0 Å². The zero-order chi connectivity index (χ0) is 17.6. The van der Waals surface area contributed by atoms with Crippen molar-refractivity contribution in [1.82, 2.24) is 9.80 Å². The van der Waals surface area contributed by atoms with Gasteiger partial charge in [-0.25, -0.2) is 4.79 Å². The predicted molar refractivity (Wildman–Crippen MR) is 96.9 cm³/mol. The molecule has 0 radical (unpaired) electrons. The summed E-state index contributed by atoms with van der Waals surface area (Å²) in [5.41, 5.74) is 2.27. The van der Waals surface area contributed by atoms with E-state index in [0.29, 0.717) is 26.1 Å². The molecule has 2 aliphatic rings. The predicted octanol–water partition coefficient (Wildman–Crippen LogP) is 3.39. The van der Waals surface area contributed by atoms with Gasteiger partial charge in [-0.1, -0.05) is 30.3 Å². The first-order chi connectivity index (χ1) is 12.0. The van der Waals surface area contributed by atoms with Crippen molar-refractivity contribution >= 4 is 23.3 Å². The second kappa shape index (κ2) is 5.88. The van der Waals surface area contributed by atoms with Crippen LogP contribution >= 0.6 is 11.3 Å². The summed E-state index contributed by atoms with van der Waals surface area (Å²) in [6, 6.07) is 10.0. The molecule has 2 fully saturated rings. The molecule has 1 unspecified atom stereocenters. The number of likely N-dealkylation sites (N-methyl/N-ethyl adjacent to an activating group) is 1. The summed E-state index contributed by atoms with van der Waals surface area (Å²) in [6.45, 7) is 3.67. The number of rotatable bonds is 2. The van der Waals surface area contributed by atoms with E-state index in [4.69, 9.17) is 4.74 Å². The number of nitrogens with zero attached hydrogens (tertiary/aromatic N) is 2. The lowest BCUT2D eigenvalue weighted by atomic mass is 10.0. The van der Waals surface area contributed by atoms with E-state index >= 15 is 0 Å². The molecule has 1 aromatic heterocycles. The number of ether oxygens (including phenoxy) is 1. The second-order valence-corrected chi connectivity index (χ2v) is 7.91. The quantitative estimate of drug-likeness (QED) is 0.829. The molecule has 0 saturated carbocycles. The van der Waals surface area contributed by atoms with E-state index in [1.807, 2.05) is 47.5 Å². The van der Waals surface area contributed by atoms with Crippen LogP contribution in [0, 0.1) is 6.92 Å². The molecular formula is C19H20N2O3S. The lowest BCUT2D eigenvalue weighted by molar-refractivity contribution is 0.0553. The SMILES string of the molecule is Cc1scc(C(=O)N2CCC3(CN(C)C(=O)O3)C2)c1-c1ccccc1. The molecule has 130 valence electrons. The van der Waals surface area contributed by atoms with Crippen LogP contribution in [0.3, 0.4) is 0 Å². The van der Waals surface area contributed by atoms with Crippen LogP contribution in [0.5, 0.6) is 0 Å². The Morgan fingerprint density at radius 3 is 2.68 bits per heavy atom. The maximum absolute atomic E-state index is 13.1. The number of hydrogen-bond donors (Lipinski definition) is 0. The number of amides is 2. The van der Waals surface area contributed by atoms with Crippen molar-refractivity contribution in [3.05, 3.63) is 46.2 Å². The summed E-state index contributed by atoms with van der Waals surface area (Å²) >= 11 is 1.60. The van der Waals surface area contributed by atoms with Crippen molar-refractivity contribution in [3.63, 3.8) is 0 Å². The van der Waals surface area contributed by atoms with Gasteiger partial charge in [-0.2, -0.15) is 0 Å². The highest BCUT2D eigenvalue weighted by Crippen LogP contribution is 2.36. The Bertz CT molecular complexity index is 832. The van der Waals surface area contributed by atoms with Gasteiger partial charge in [0.1, 0.15) is 0 Å². The lowest BCUT2D eigenvalue weighted by Crippen LogP contribution is -2.39. The molecule has 1 atom stereocenters. The molecule has 0 aliphatic carbocycles. The largest absolute Gasteiger partial charge is 0.439 e. The standard InChI is InChI=1S/C19H20N2O3S/c1-13-16(14-6-4-3-5-7-14)15(10-25-13)17(22)21-9-8-19(12-21)11-20(2)18(23)24-19/h3-7,10H,8-9,11-12H2,1-2H3. The Kier molecular flexibility index (Phi) is 3.80. The van der Waals surface area contributed by atoms with E-state index in [1.54, 1.807) is 23.3 Å². The van der Waals surface area contributed by atoms with Crippen LogP contribution < -0.4 is 0 Å². The Labute approximate surface area is 150 Å². The van der Waals surface area contributed by atoms with Crippen molar-refractivity contribution in [1.29, 1.82) is 0 Å². The van der Waals surface area contributed by atoms with E-state index < -0.39 is 5.60 Å². The molecule has 6 heteroatoms. The third kappa shape index (κ3) is 2.70. The normalized spacial score (nSPS) is 22.7. The van der Waals surface area contributed by atoms with Gasteiger partial charge in [-0.15, -0.1) is 11.3 Å². The molecule has 2 aliphatic heterocycles. The van der Waals surface area contributed by atoms with E-state index in [1.165, 1.54) is 0 Å². The summed E-state index contributed by atoms with van der Waals surface area (Å²) in [6.07, 6.45) is 0.393. The fourth-order valence-electron chi connectivity index (χ4n) is 3.77. The first-order valence-electron chi connectivity index (χ1n) is 8.36. The smallest absolute Gasteiger partial charge is 0.410 e. The van der Waals surface area contributed by atoms with Crippen LogP contribution in [0.25, 0.3) is 11.1 Å². The van der Waals surface area contributed by atoms with Crippen molar-refractivity contribution in [2.24, 2.45) is 0 Å². The number of carbonyl (C=O) groups excluding carboxylic acids is 2. The maximum atomic E-state index is 13.1. The van der Waals surface area contributed by atoms with Gasteiger partial charge in [0, 0.05) is 35.8 Å². The summed E-state index contributed by atoms with van der Waals surface area (Å²) in [5, 5.41) is 1.94. The van der Waals surface area contributed by atoms with Gasteiger partial charge < -0.3 is 14.5 Å². The second-order valence-electron chi connectivity index (χ2n) is 6.83. The topological polar surface area (TPSA) is 49.9 Å². The van der Waals surface area contributed by atoms with Gasteiger partial charge in [-0.3, -0.25) is 4.79 Å². The number of likely N-dealkylation sites (tertiary alicyclic amines) is 1. The first-order valence-corrected chi connectivity index (χ1v) is 9.24. The van der Waals surface area contributed by atoms with Crippen LogP contribution in [0.2, 0.25) is 0 Å². The van der Waals surface area contributed by atoms with Gasteiger partial charge in [0.15, 0.2) is 5.60 Å². The van der Waals surface area contributed by atoms with E-state index in [9.17, 15) is 9.59 Å². The molecule has 4 rings (SSSR count).